The maximum Gasteiger partial charge on any atom is 0.337 e. The standard InChI is InChI=1S/C15H21N5O3S/c1-4-9-12(13(21)23-5-2)10(19-14(22)18-9)7-24-15-17-8(3)6-11(16)20-15/h6,9H,4-5,7H2,1-3H3,(H2,16,17,20)(H2,18,19,22). The second-order valence-electron chi connectivity index (χ2n) is 5.18. The van der Waals surface area contributed by atoms with Gasteiger partial charge in [-0.2, -0.15) is 0 Å². The summed E-state index contributed by atoms with van der Waals surface area (Å²) < 4.78 is 5.12. The highest BCUT2D eigenvalue weighted by Gasteiger charge is 2.31. The lowest BCUT2D eigenvalue weighted by Gasteiger charge is -2.28. The largest absolute Gasteiger partial charge is 0.463 e. The number of nitrogens with two attached hydrogens (primary N) is 1. The molecule has 0 bridgehead atoms. The van der Waals surface area contributed by atoms with Crippen molar-refractivity contribution in [1.82, 2.24) is 20.6 Å². The monoisotopic (exact) mass is 351 g/mol. The summed E-state index contributed by atoms with van der Waals surface area (Å²) in [6.07, 6.45) is 0.587. The van der Waals surface area contributed by atoms with Gasteiger partial charge < -0.3 is 21.1 Å². The minimum absolute atomic E-state index is 0.269. The first-order valence-corrected chi connectivity index (χ1v) is 8.64. The Labute approximate surface area is 144 Å². The minimum Gasteiger partial charge on any atom is -0.463 e. The second-order valence-corrected chi connectivity index (χ2v) is 6.12. The van der Waals surface area contributed by atoms with Crippen molar-refractivity contribution in [1.29, 1.82) is 0 Å². The molecular formula is C15H21N5O3S. The van der Waals surface area contributed by atoms with E-state index in [1.54, 1.807) is 13.0 Å². The van der Waals surface area contributed by atoms with Crippen molar-refractivity contribution < 1.29 is 14.3 Å². The second kappa shape index (κ2) is 8.00. The number of carbonyl (C=O) groups excluding carboxylic acids is 2. The van der Waals surface area contributed by atoms with Crippen molar-refractivity contribution in [3.05, 3.63) is 23.0 Å². The van der Waals surface area contributed by atoms with Gasteiger partial charge in [0.25, 0.3) is 0 Å². The van der Waals surface area contributed by atoms with Gasteiger partial charge in [-0.3, -0.25) is 0 Å². The van der Waals surface area contributed by atoms with Crippen LogP contribution in [0.2, 0.25) is 0 Å². The van der Waals surface area contributed by atoms with Gasteiger partial charge in [0, 0.05) is 23.2 Å². The van der Waals surface area contributed by atoms with Crippen LogP contribution in [-0.4, -0.2) is 40.4 Å². The zero-order valence-corrected chi connectivity index (χ0v) is 14.7. The number of anilines is 1. The van der Waals surface area contributed by atoms with Crippen LogP contribution >= 0.6 is 11.8 Å². The summed E-state index contributed by atoms with van der Waals surface area (Å²) in [4.78, 5) is 32.5. The topological polar surface area (TPSA) is 119 Å². The average molecular weight is 351 g/mol. The molecule has 0 fully saturated rings. The normalized spacial score (nSPS) is 17.3. The molecule has 0 radical (unpaired) electrons. The first-order chi connectivity index (χ1) is 11.4. The van der Waals surface area contributed by atoms with Gasteiger partial charge >= 0.3 is 12.0 Å². The molecule has 1 aromatic heterocycles. The summed E-state index contributed by atoms with van der Waals surface area (Å²) in [6, 6.07) is 0.958. The lowest BCUT2D eigenvalue weighted by molar-refractivity contribution is -0.139. The van der Waals surface area contributed by atoms with Crippen LogP contribution in [0.25, 0.3) is 0 Å². The van der Waals surface area contributed by atoms with E-state index in [0.717, 1.165) is 5.69 Å². The Balaban J connectivity index is 2.26. The third kappa shape index (κ3) is 4.38. The zero-order valence-electron chi connectivity index (χ0n) is 13.9. The summed E-state index contributed by atoms with van der Waals surface area (Å²) >= 11 is 1.30. The van der Waals surface area contributed by atoms with E-state index in [9.17, 15) is 9.59 Å². The first-order valence-electron chi connectivity index (χ1n) is 7.66. The number of amides is 2. The fraction of sp³-hybridized carbons (Fsp3) is 0.467. The number of nitrogens with zero attached hydrogens (tertiary/aromatic N) is 2. The van der Waals surface area contributed by atoms with Crippen molar-refractivity contribution in [2.45, 2.75) is 38.4 Å². The molecule has 0 aromatic carbocycles. The van der Waals surface area contributed by atoms with Crippen molar-refractivity contribution in [2.75, 3.05) is 18.1 Å². The Morgan fingerprint density at radius 2 is 2.17 bits per heavy atom. The number of thioether (sulfide) groups is 1. The Bertz CT molecular complexity index is 657. The van der Waals surface area contributed by atoms with Crippen LogP contribution in [-0.2, 0) is 9.53 Å². The maximum absolute atomic E-state index is 12.3. The van der Waals surface area contributed by atoms with Gasteiger partial charge in [-0.1, -0.05) is 18.7 Å². The Kier molecular flexibility index (Phi) is 6.02. The quantitative estimate of drug-likeness (QED) is 0.402. The lowest BCUT2D eigenvalue weighted by Crippen LogP contribution is -2.50. The van der Waals surface area contributed by atoms with Gasteiger partial charge in [-0.15, -0.1) is 0 Å². The van der Waals surface area contributed by atoms with E-state index in [4.69, 9.17) is 10.5 Å². The van der Waals surface area contributed by atoms with Gasteiger partial charge in [0.15, 0.2) is 5.16 Å². The number of urea groups is 1. The number of ether oxygens (including phenoxy) is 1. The molecule has 2 amide bonds. The number of esters is 1. The van der Waals surface area contributed by atoms with E-state index in [0.29, 0.717) is 34.4 Å². The van der Waals surface area contributed by atoms with Crippen molar-refractivity contribution in [3.63, 3.8) is 0 Å². The minimum atomic E-state index is -0.433. The van der Waals surface area contributed by atoms with Crippen molar-refractivity contribution >= 4 is 29.6 Å². The third-order valence-corrected chi connectivity index (χ3v) is 4.22. The Hall–Kier alpha value is -2.29. The van der Waals surface area contributed by atoms with E-state index >= 15 is 0 Å². The molecule has 1 unspecified atom stereocenters. The molecule has 0 aliphatic carbocycles. The molecule has 0 saturated heterocycles. The van der Waals surface area contributed by atoms with Crippen molar-refractivity contribution in [2.24, 2.45) is 0 Å². The summed E-state index contributed by atoms with van der Waals surface area (Å²) in [5.41, 5.74) is 7.42. The molecule has 8 nitrogen and oxygen atoms in total. The summed E-state index contributed by atoms with van der Waals surface area (Å²) in [7, 11) is 0. The SMILES string of the molecule is CCOC(=O)C1=C(CSc2nc(C)cc(N)n2)NC(=O)NC1CC. The molecule has 0 saturated carbocycles. The average Bonchev–Trinajstić information content (AvgIpc) is 2.51. The number of nitrogens with one attached hydrogen (secondary N) is 2. The molecule has 2 heterocycles. The highest BCUT2D eigenvalue weighted by molar-refractivity contribution is 7.99. The van der Waals surface area contributed by atoms with Gasteiger partial charge in [0.2, 0.25) is 0 Å². The van der Waals surface area contributed by atoms with E-state index in [-0.39, 0.29) is 18.7 Å². The highest BCUT2D eigenvalue weighted by atomic mass is 32.2. The molecule has 1 aliphatic rings. The van der Waals surface area contributed by atoms with E-state index < -0.39 is 5.97 Å². The third-order valence-electron chi connectivity index (χ3n) is 3.35. The fourth-order valence-corrected chi connectivity index (χ4v) is 3.22. The maximum atomic E-state index is 12.3. The van der Waals surface area contributed by atoms with Crippen LogP contribution in [0.4, 0.5) is 10.6 Å². The van der Waals surface area contributed by atoms with Crippen LogP contribution in [0.3, 0.4) is 0 Å². The van der Waals surface area contributed by atoms with Crippen LogP contribution in [0.1, 0.15) is 26.0 Å². The number of hydrogen-bond donors (Lipinski definition) is 3. The van der Waals surface area contributed by atoms with Crippen LogP contribution in [0, 0.1) is 6.92 Å². The summed E-state index contributed by atoms with van der Waals surface area (Å²) in [5.74, 6) is 0.281. The molecule has 130 valence electrons. The predicted octanol–water partition coefficient (Wildman–Crippen LogP) is 1.37. The van der Waals surface area contributed by atoms with Crippen LogP contribution in [0.5, 0.6) is 0 Å². The van der Waals surface area contributed by atoms with Gasteiger partial charge in [0.05, 0.1) is 18.2 Å². The molecule has 9 heteroatoms. The first kappa shape index (κ1) is 18.1. The van der Waals surface area contributed by atoms with E-state index in [1.807, 2.05) is 13.8 Å². The Morgan fingerprint density at radius 1 is 1.42 bits per heavy atom. The van der Waals surface area contributed by atoms with E-state index in [2.05, 4.69) is 20.6 Å². The highest BCUT2D eigenvalue weighted by Crippen LogP contribution is 2.23. The molecule has 2 rings (SSSR count). The van der Waals surface area contributed by atoms with Gasteiger partial charge in [-0.25, -0.2) is 19.6 Å². The summed E-state index contributed by atoms with van der Waals surface area (Å²) in [6.45, 7) is 5.73. The molecule has 1 atom stereocenters. The number of aromatic nitrogens is 2. The molecular weight excluding hydrogens is 330 g/mol. The van der Waals surface area contributed by atoms with E-state index in [1.165, 1.54) is 11.8 Å². The number of carbonyl (C=O) groups is 2. The smallest absolute Gasteiger partial charge is 0.337 e. The fourth-order valence-electron chi connectivity index (χ4n) is 2.34. The van der Waals surface area contributed by atoms with Crippen LogP contribution in [0.15, 0.2) is 22.5 Å². The summed E-state index contributed by atoms with van der Waals surface area (Å²) in [5, 5.41) is 5.91. The molecule has 0 spiro atoms. The van der Waals surface area contributed by atoms with Crippen molar-refractivity contribution in [3.8, 4) is 0 Å². The molecule has 24 heavy (non-hydrogen) atoms. The number of aryl methyl sites for hydroxylation is 1. The number of nitrogen functional groups attached to an aromatic ring is 1. The molecule has 1 aromatic rings. The van der Waals surface area contributed by atoms with Gasteiger partial charge in [-0.05, 0) is 20.3 Å². The lowest BCUT2D eigenvalue weighted by atomic mass is 10.0. The Morgan fingerprint density at radius 3 is 2.79 bits per heavy atom. The van der Waals surface area contributed by atoms with Gasteiger partial charge in [0.1, 0.15) is 5.82 Å². The van der Waals surface area contributed by atoms with Crippen LogP contribution < -0.4 is 16.4 Å². The molecule has 4 N–H and O–H groups in total. The number of rotatable bonds is 6. The zero-order chi connectivity index (χ0) is 17.7. The predicted molar refractivity (Wildman–Crippen MR) is 91.3 cm³/mol. The number of hydrogen-bond acceptors (Lipinski definition) is 7. The molecule has 1 aliphatic heterocycles.